The van der Waals surface area contributed by atoms with Gasteiger partial charge in [0.05, 0.1) is 0 Å². The molecule has 0 saturated heterocycles. The van der Waals surface area contributed by atoms with Gasteiger partial charge in [0.15, 0.2) is 0 Å². The largest absolute Gasteiger partial charge is 0.299 e. The van der Waals surface area contributed by atoms with Crippen LogP contribution in [-0.4, -0.2) is 16.8 Å². The highest BCUT2D eigenvalue weighted by atomic mass is 32.2. The third kappa shape index (κ3) is 2.49. The highest BCUT2D eigenvalue weighted by Crippen LogP contribution is 2.39. The number of rotatable bonds is 2. The molecule has 2 atom stereocenters. The third-order valence-electron chi connectivity index (χ3n) is 3.25. The lowest BCUT2D eigenvalue weighted by molar-refractivity contribution is -0.126. The monoisotopic (exact) mass is 200 g/mol. The van der Waals surface area contributed by atoms with Crippen LogP contribution in [0.15, 0.2) is 0 Å². The van der Waals surface area contributed by atoms with Gasteiger partial charge in [0.1, 0.15) is 5.78 Å². The number of Topliss-reactive ketones (excluding diaryl/α,β-unsaturated/α-hetero) is 1. The van der Waals surface area contributed by atoms with E-state index in [2.05, 4.69) is 27.0 Å². The number of ketones is 1. The minimum atomic E-state index is 0.136. The molecule has 0 spiro atoms. The van der Waals surface area contributed by atoms with Crippen LogP contribution in [0.5, 0.6) is 0 Å². The zero-order chi connectivity index (χ0) is 10.1. The van der Waals surface area contributed by atoms with Gasteiger partial charge in [-0.05, 0) is 25.0 Å². The van der Waals surface area contributed by atoms with Crippen LogP contribution in [0.4, 0.5) is 0 Å². The second kappa shape index (κ2) is 4.04. The van der Waals surface area contributed by atoms with Crippen LogP contribution in [0.1, 0.15) is 40.0 Å². The van der Waals surface area contributed by atoms with Crippen molar-refractivity contribution in [1.29, 1.82) is 0 Å². The fourth-order valence-electron chi connectivity index (χ4n) is 2.08. The van der Waals surface area contributed by atoms with E-state index in [1.165, 1.54) is 6.42 Å². The molecule has 1 fully saturated rings. The number of carbonyl (C=O) groups is 1. The molecule has 76 valence electrons. The number of thioether (sulfide) groups is 1. The van der Waals surface area contributed by atoms with Crippen molar-refractivity contribution in [3.8, 4) is 0 Å². The van der Waals surface area contributed by atoms with Crippen molar-refractivity contribution in [2.45, 2.75) is 44.8 Å². The van der Waals surface area contributed by atoms with Crippen LogP contribution >= 0.6 is 11.8 Å². The smallest absolute Gasteiger partial charge is 0.137 e. The molecule has 0 N–H and O–H groups in total. The Labute approximate surface area is 85.7 Å². The first-order chi connectivity index (χ1) is 5.97. The van der Waals surface area contributed by atoms with E-state index in [9.17, 15) is 4.79 Å². The van der Waals surface area contributed by atoms with E-state index in [4.69, 9.17) is 0 Å². The zero-order valence-electron chi connectivity index (χ0n) is 9.09. The minimum absolute atomic E-state index is 0.136. The summed E-state index contributed by atoms with van der Waals surface area (Å²) in [4.78, 5) is 11.8. The molecule has 0 amide bonds. The molecule has 2 heteroatoms. The summed E-state index contributed by atoms with van der Waals surface area (Å²) in [6.45, 7) is 6.56. The van der Waals surface area contributed by atoms with E-state index < -0.39 is 0 Å². The first-order valence-electron chi connectivity index (χ1n) is 5.05. The zero-order valence-corrected chi connectivity index (χ0v) is 9.91. The van der Waals surface area contributed by atoms with Crippen molar-refractivity contribution in [2.24, 2.45) is 11.8 Å². The molecule has 0 radical (unpaired) electrons. The second-order valence-corrected chi connectivity index (χ2v) is 6.17. The molecule has 0 aromatic rings. The Bertz CT molecular complexity index is 198. The van der Waals surface area contributed by atoms with Crippen molar-refractivity contribution < 1.29 is 4.79 Å². The Kier molecular flexibility index (Phi) is 3.44. The van der Waals surface area contributed by atoms with E-state index in [-0.39, 0.29) is 4.75 Å². The van der Waals surface area contributed by atoms with E-state index in [1.807, 2.05) is 11.8 Å². The summed E-state index contributed by atoms with van der Waals surface area (Å²) in [7, 11) is 0. The van der Waals surface area contributed by atoms with Gasteiger partial charge in [0, 0.05) is 17.1 Å². The molecule has 0 bridgehead atoms. The van der Waals surface area contributed by atoms with Crippen LogP contribution in [0.25, 0.3) is 0 Å². The molecule has 1 aliphatic rings. The van der Waals surface area contributed by atoms with Crippen LogP contribution in [0.3, 0.4) is 0 Å². The maximum atomic E-state index is 11.8. The molecular formula is C11H20OS. The van der Waals surface area contributed by atoms with Gasteiger partial charge in [0.2, 0.25) is 0 Å². The Morgan fingerprint density at radius 2 is 2.00 bits per heavy atom. The first kappa shape index (κ1) is 11.1. The Morgan fingerprint density at radius 1 is 1.38 bits per heavy atom. The Hall–Kier alpha value is 0.0200. The SMILES string of the molecule is CSC(C)(C)[C@H]1CC[C@H](C)CC1=O. The summed E-state index contributed by atoms with van der Waals surface area (Å²) in [6.07, 6.45) is 5.22. The van der Waals surface area contributed by atoms with Gasteiger partial charge in [-0.15, -0.1) is 0 Å². The van der Waals surface area contributed by atoms with Crippen molar-refractivity contribution in [3.05, 3.63) is 0 Å². The lowest BCUT2D eigenvalue weighted by atomic mass is 9.76. The molecule has 1 rings (SSSR count). The number of carbonyl (C=O) groups excluding carboxylic acids is 1. The topological polar surface area (TPSA) is 17.1 Å². The molecule has 0 aromatic heterocycles. The summed E-state index contributed by atoms with van der Waals surface area (Å²) in [5.74, 6) is 1.39. The van der Waals surface area contributed by atoms with E-state index >= 15 is 0 Å². The molecule has 0 heterocycles. The average Bonchev–Trinajstić information content (AvgIpc) is 2.03. The van der Waals surface area contributed by atoms with E-state index in [1.54, 1.807) is 0 Å². The first-order valence-corrected chi connectivity index (χ1v) is 6.27. The summed E-state index contributed by atoms with van der Waals surface area (Å²) in [5, 5.41) is 0. The fraction of sp³-hybridized carbons (Fsp3) is 0.909. The second-order valence-electron chi connectivity index (χ2n) is 4.71. The van der Waals surface area contributed by atoms with Gasteiger partial charge in [-0.3, -0.25) is 4.79 Å². The number of hydrogen-bond donors (Lipinski definition) is 0. The summed E-state index contributed by atoms with van der Waals surface area (Å²) in [5.41, 5.74) is 0. The molecule has 1 nitrogen and oxygen atoms in total. The van der Waals surface area contributed by atoms with Crippen molar-refractivity contribution in [1.82, 2.24) is 0 Å². The average molecular weight is 200 g/mol. The highest BCUT2D eigenvalue weighted by molar-refractivity contribution is 8.00. The fourth-order valence-corrected chi connectivity index (χ4v) is 2.61. The maximum Gasteiger partial charge on any atom is 0.137 e. The molecular weight excluding hydrogens is 180 g/mol. The summed E-state index contributed by atoms with van der Waals surface area (Å²) in [6, 6.07) is 0. The van der Waals surface area contributed by atoms with Crippen molar-refractivity contribution in [2.75, 3.05) is 6.26 Å². The summed E-state index contributed by atoms with van der Waals surface area (Å²) >= 11 is 1.82. The molecule has 0 unspecified atom stereocenters. The number of hydrogen-bond acceptors (Lipinski definition) is 2. The lowest BCUT2D eigenvalue weighted by Gasteiger charge is -2.36. The van der Waals surface area contributed by atoms with Gasteiger partial charge in [-0.2, -0.15) is 11.8 Å². The normalized spacial score (nSPS) is 30.6. The van der Waals surface area contributed by atoms with Crippen LogP contribution < -0.4 is 0 Å². The van der Waals surface area contributed by atoms with Crippen molar-refractivity contribution >= 4 is 17.5 Å². The van der Waals surface area contributed by atoms with E-state index in [0.717, 1.165) is 12.8 Å². The Morgan fingerprint density at radius 3 is 2.46 bits per heavy atom. The molecule has 13 heavy (non-hydrogen) atoms. The molecule has 0 aliphatic heterocycles. The van der Waals surface area contributed by atoms with Gasteiger partial charge in [-0.1, -0.05) is 20.8 Å². The van der Waals surface area contributed by atoms with Crippen LogP contribution in [0, 0.1) is 11.8 Å². The standard InChI is InChI=1S/C11H20OS/c1-8-5-6-9(10(12)7-8)11(2,3)13-4/h8-9H,5-7H2,1-4H3/t8-,9-/m0/s1. The molecule has 1 saturated carbocycles. The van der Waals surface area contributed by atoms with Crippen LogP contribution in [0.2, 0.25) is 0 Å². The Balaban J connectivity index is 2.66. The van der Waals surface area contributed by atoms with Gasteiger partial charge >= 0.3 is 0 Å². The van der Waals surface area contributed by atoms with Gasteiger partial charge < -0.3 is 0 Å². The minimum Gasteiger partial charge on any atom is -0.299 e. The summed E-state index contributed by atoms with van der Waals surface area (Å²) < 4.78 is 0.136. The van der Waals surface area contributed by atoms with Crippen LogP contribution in [-0.2, 0) is 4.79 Å². The third-order valence-corrected chi connectivity index (χ3v) is 4.59. The van der Waals surface area contributed by atoms with E-state index in [0.29, 0.717) is 17.6 Å². The quantitative estimate of drug-likeness (QED) is 0.681. The maximum absolute atomic E-state index is 11.8. The predicted octanol–water partition coefficient (Wildman–Crippen LogP) is 3.13. The lowest BCUT2D eigenvalue weighted by Crippen LogP contribution is -2.37. The highest BCUT2D eigenvalue weighted by Gasteiger charge is 2.37. The molecule has 0 aromatic carbocycles. The predicted molar refractivity (Wildman–Crippen MR) is 59.1 cm³/mol. The molecule has 1 aliphatic carbocycles. The van der Waals surface area contributed by atoms with Crippen molar-refractivity contribution in [3.63, 3.8) is 0 Å². The van der Waals surface area contributed by atoms with Gasteiger partial charge in [0.25, 0.3) is 0 Å². The van der Waals surface area contributed by atoms with Gasteiger partial charge in [-0.25, -0.2) is 0 Å².